The maximum Gasteiger partial charge on any atom is 0.271 e. The lowest BCUT2D eigenvalue weighted by molar-refractivity contribution is 0.0948. The van der Waals surface area contributed by atoms with E-state index in [9.17, 15) is 9.59 Å². The molecule has 2 N–H and O–H groups in total. The molecule has 18 heavy (non-hydrogen) atoms. The summed E-state index contributed by atoms with van der Waals surface area (Å²) in [6, 6.07) is 5.63. The quantitative estimate of drug-likeness (QED) is 0.800. The first kappa shape index (κ1) is 12.0. The van der Waals surface area contributed by atoms with Crippen LogP contribution in [-0.2, 0) is 6.42 Å². The fourth-order valence-electron chi connectivity index (χ4n) is 1.41. The lowest BCUT2D eigenvalue weighted by atomic mass is 10.2. The first-order valence-corrected chi connectivity index (χ1v) is 5.48. The summed E-state index contributed by atoms with van der Waals surface area (Å²) in [7, 11) is 0. The zero-order valence-electron chi connectivity index (χ0n) is 9.59. The average Bonchev–Trinajstić information content (AvgIpc) is 2.40. The Labute approximate surface area is 103 Å². The predicted octanol–water partition coefficient (Wildman–Crippen LogP) is 0.137. The molecule has 1 amide bonds. The fraction of sp³-hybridized carbons (Fsp3) is 0.167. The van der Waals surface area contributed by atoms with Gasteiger partial charge in [-0.25, -0.2) is 4.98 Å². The molecule has 6 nitrogen and oxygen atoms in total. The highest BCUT2D eigenvalue weighted by Crippen LogP contribution is 1.94. The van der Waals surface area contributed by atoms with Gasteiger partial charge in [-0.15, -0.1) is 0 Å². The molecule has 0 saturated heterocycles. The Morgan fingerprint density at radius 2 is 2.22 bits per heavy atom. The van der Waals surface area contributed by atoms with Crippen molar-refractivity contribution in [2.75, 3.05) is 6.54 Å². The molecule has 0 radical (unpaired) electrons. The maximum absolute atomic E-state index is 11.6. The van der Waals surface area contributed by atoms with Crippen molar-refractivity contribution in [2.24, 2.45) is 0 Å². The third kappa shape index (κ3) is 3.24. The molecule has 0 aliphatic rings. The van der Waals surface area contributed by atoms with E-state index in [1.165, 1.54) is 6.20 Å². The van der Waals surface area contributed by atoms with Gasteiger partial charge in [0.15, 0.2) is 0 Å². The van der Waals surface area contributed by atoms with Crippen LogP contribution >= 0.6 is 0 Å². The summed E-state index contributed by atoms with van der Waals surface area (Å²) in [4.78, 5) is 32.7. The second kappa shape index (κ2) is 5.72. The van der Waals surface area contributed by atoms with Gasteiger partial charge < -0.3 is 10.3 Å². The lowest BCUT2D eigenvalue weighted by Gasteiger charge is -2.03. The van der Waals surface area contributed by atoms with Gasteiger partial charge in [0.25, 0.3) is 11.5 Å². The Morgan fingerprint density at radius 1 is 1.33 bits per heavy atom. The zero-order chi connectivity index (χ0) is 12.8. The number of H-pyrrole nitrogens is 1. The highest BCUT2D eigenvalue weighted by Gasteiger charge is 2.06. The smallest absolute Gasteiger partial charge is 0.271 e. The first-order chi connectivity index (χ1) is 8.75. The van der Waals surface area contributed by atoms with Gasteiger partial charge in [0, 0.05) is 31.1 Å². The van der Waals surface area contributed by atoms with Crippen molar-refractivity contribution < 1.29 is 4.79 Å². The number of nitrogens with zero attached hydrogens (tertiary/aromatic N) is 2. The van der Waals surface area contributed by atoms with Gasteiger partial charge in [0.05, 0.1) is 6.20 Å². The molecular weight excluding hydrogens is 232 g/mol. The van der Waals surface area contributed by atoms with Crippen LogP contribution in [0.2, 0.25) is 0 Å². The van der Waals surface area contributed by atoms with E-state index in [1.54, 1.807) is 6.20 Å². The number of carbonyl (C=O) groups excluding carboxylic acids is 1. The molecule has 6 heteroatoms. The van der Waals surface area contributed by atoms with E-state index in [2.05, 4.69) is 20.3 Å². The highest BCUT2D eigenvalue weighted by atomic mass is 16.2. The number of hydrogen-bond donors (Lipinski definition) is 2. The molecule has 0 bridgehead atoms. The van der Waals surface area contributed by atoms with E-state index in [0.29, 0.717) is 13.0 Å². The van der Waals surface area contributed by atoms with Crippen LogP contribution in [0.5, 0.6) is 0 Å². The van der Waals surface area contributed by atoms with Gasteiger partial charge >= 0.3 is 0 Å². The molecule has 0 saturated carbocycles. The maximum atomic E-state index is 11.6. The second-order valence-corrected chi connectivity index (χ2v) is 3.62. The van der Waals surface area contributed by atoms with Gasteiger partial charge in [0.2, 0.25) is 0 Å². The normalized spacial score (nSPS) is 10.0. The molecule has 0 unspecified atom stereocenters. The summed E-state index contributed by atoms with van der Waals surface area (Å²) in [6.45, 7) is 0.469. The van der Waals surface area contributed by atoms with Crippen molar-refractivity contribution in [3.63, 3.8) is 0 Å². The fourth-order valence-corrected chi connectivity index (χ4v) is 1.41. The second-order valence-electron chi connectivity index (χ2n) is 3.62. The molecule has 0 fully saturated rings. The van der Waals surface area contributed by atoms with Gasteiger partial charge in [-0.05, 0) is 12.1 Å². The summed E-state index contributed by atoms with van der Waals surface area (Å²) < 4.78 is 0. The Bertz CT molecular complexity index is 560. The number of hydrogen-bond acceptors (Lipinski definition) is 4. The summed E-state index contributed by atoms with van der Waals surface area (Å²) in [6.07, 6.45) is 4.72. The topological polar surface area (TPSA) is 87.7 Å². The summed E-state index contributed by atoms with van der Waals surface area (Å²) in [5, 5.41) is 2.70. The van der Waals surface area contributed by atoms with Gasteiger partial charge in [0.1, 0.15) is 5.69 Å². The van der Waals surface area contributed by atoms with Crippen molar-refractivity contribution >= 4 is 5.91 Å². The Kier molecular flexibility index (Phi) is 3.80. The van der Waals surface area contributed by atoms with Crippen LogP contribution in [0.25, 0.3) is 0 Å². The van der Waals surface area contributed by atoms with Crippen LogP contribution in [0.15, 0.2) is 41.6 Å². The minimum atomic E-state index is -0.333. The van der Waals surface area contributed by atoms with Crippen LogP contribution in [0.1, 0.15) is 16.2 Å². The van der Waals surface area contributed by atoms with E-state index < -0.39 is 0 Å². The zero-order valence-corrected chi connectivity index (χ0v) is 9.59. The number of pyridine rings is 1. The summed E-state index contributed by atoms with van der Waals surface area (Å²) >= 11 is 0. The van der Waals surface area contributed by atoms with E-state index >= 15 is 0 Å². The standard InChI is InChI=1S/C12H12N4O2/c17-11-8-15-10(7-16-11)12(18)14-6-4-9-3-1-2-5-13-9/h1-3,5,7-8H,4,6H2,(H,14,18)(H,16,17). The molecule has 92 valence electrons. The van der Waals surface area contributed by atoms with Crippen molar-refractivity contribution in [3.8, 4) is 0 Å². The van der Waals surface area contributed by atoms with E-state index in [-0.39, 0.29) is 17.2 Å². The van der Waals surface area contributed by atoms with Crippen LogP contribution < -0.4 is 10.9 Å². The van der Waals surface area contributed by atoms with Crippen molar-refractivity contribution in [2.45, 2.75) is 6.42 Å². The molecular formula is C12H12N4O2. The molecule has 2 aromatic heterocycles. The number of rotatable bonds is 4. The number of carbonyl (C=O) groups is 1. The molecule has 0 atom stereocenters. The van der Waals surface area contributed by atoms with Crippen LogP contribution in [0.3, 0.4) is 0 Å². The minimum Gasteiger partial charge on any atom is -0.350 e. The monoisotopic (exact) mass is 244 g/mol. The molecule has 2 aromatic rings. The van der Waals surface area contributed by atoms with E-state index in [0.717, 1.165) is 11.9 Å². The van der Waals surface area contributed by atoms with Gasteiger partial charge in [-0.3, -0.25) is 14.6 Å². The third-order valence-electron chi connectivity index (χ3n) is 2.30. The van der Waals surface area contributed by atoms with E-state index in [4.69, 9.17) is 0 Å². The average molecular weight is 244 g/mol. The van der Waals surface area contributed by atoms with Crippen LogP contribution in [0.4, 0.5) is 0 Å². The largest absolute Gasteiger partial charge is 0.350 e. The minimum absolute atomic E-state index is 0.190. The lowest BCUT2D eigenvalue weighted by Crippen LogP contribution is -2.27. The van der Waals surface area contributed by atoms with Crippen LogP contribution in [-0.4, -0.2) is 27.4 Å². The van der Waals surface area contributed by atoms with Crippen LogP contribution in [0, 0.1) is 0 Å². The van der Waals surface area contributed by atoms with Crippen molar-refractivity contribution in [1.29, 1.82) is 0 Å². The third-order valence-corrected chi connectivity index (χ3v) is 2.30. The highest BCUT2D eigenvalue weighted by molar-refractivity contribution is 5.91. The molecule has 0 spiro atoms. The number of aromatic amines is 1. The molecule has 2 rings (SSSR count). The SMILES string of the molecule is O=C(NCCc1ccccn1)c1c[nH]c(=O)cn1. The first-order valence-electron chi connectivity index (χ1n) is 5.48. The predicted molar refractivity (Wildman–Crippen MR) is 65.1 cm³/mol. The molecule has 0 aliphatic heterocycles. The summed E-state index contributed by atoms with van der Waals surface area (Å²) in [5.41, 5.74) is 0.767. The number of nitrogens with one attached hydrogen (secondary N) is 2. The Balaban J connectivity index is 1.85. The Hall–Kier alpha value is -2.50. The van der Waals surface area contributed by atoms with Crippen molar-refractivity contribution in [1.82, 2.24) is 20.3 Å². The number of aromatic nitrogens is 3. The molecule has 0 aliphatic carbocycles. The van der Waals surface area contributed by atoms with Gasteiger partial charge in [-0.2, -0.15) is 0 Å². The van der Waals surface area contributed by atoms with E-state index in [1.807, 2.05) is 18.2 Å². The molecule has 0 aromatic carbocycles. The summed E-state index contributed by atoms with van der Waals surface area (Å²) in [5.74, 6) is -0.317. The van der Waals surface area contributed by atoms with Gasteiger partial charge in [-0.1, -0.05) is 6.07 Å². The molecule has 2 heterocycles. The Morgan fingerprint density at radius 3 is 2.89 bits per heavy atom. The van der Waals surface area contributed by atoms with Crippen molar-refractivity contribution in [3.05, 3.63) is 58.5 Å². The number of amides is 1.